The van der Waals surface area contributed by atoms with Gasteiger partial charge in [0.25, 0.3) is 5.56 Å². The van der Waals surface area contributed by atoms with E-state index in [2.05, 4.69) is 0 Å². The molecule has 5 rings (SSSR count). The van der Waals surface area contributed by atoms with Gasteiger partial charge in [0.1, 0.15) is 5.78 Å². The first-order chi connectivity index (χ1) is 12.5. The zero-order valence-corrected chi connectivity index (χ0v) is 14.5. The fraction of sp³-hybridized carbons (Fsp3) is 0.273. The third-order valence-electron chi connectivity index (χ3n) is 6.34. The molecular weight excluding hydrogens is 326 g/mol. The Labute approximate surface area is 150 Å². The molecule has 0 amide bonds. The maximum Gasteiger partial charge on any atom is 0.261 e. The highest BCUT2D eigenvalue weighted by atomic mass is 16.3. The highest BCUT2D eigenvalue weighted by Crippen LogP contribution is 2.55. The number of benzene rings is 2. The second kappa shape index (κ2) is 4.92. The second-order valence-electron chi connectivity index (χ2n) is 7.62. The molecule has 0 bridgehead atoms. The van der Waals surface area contributed by atoms with Gasteiger partial charge in [-0.25, -0.2) is 0 Å². The van der Waals surface area contributed by atoms with Crippen LogP contribution in [0.15, 0.2) is 59.4 Å². The van der Waals surface area contributed by atoms with Crippen LogP contribution in [-0.2, 0) is 16.9 Å². The minimum atomic E-state index is -1.44. The lowest BCUT2D eigenvalue weighted by Gasteiger charge is -2.32. The molecule has 4 heteroatoms. The standard InChI is InChI=1S/C22H19NO3/c1-21-13-17-19(14-7-3-2-4-8-14)15-9-5-6-10-16(15)20(25)23(17)22(21,26)12-11-18(21)24/h2-10,26H,11-13H2,1H3. The van der Waals surface area contributed by atoms with Gasteiger partial charge in [-0.3, -0.25) is 14.2 Å². The van der Waals surface area contributed by atoms with Gasteiger partial charge in [0.15, 0.2) is 5.72 Å². The number of pyridine rings is 1. The highest BCUT2D eigenvalue weighted by molar-refractivity contribution is 5.99. The molecule has 3 aromatic rings. The van der Waals surface area contributed by atoms with E-state index in [9.17, 15) is 14.7 Å². The van der Waals surface area contributed by atoms with Gasteiger partial charge in [-0.2, -0.15) is 0 Å². The number of rotatable bonds is 1. The Balaban J connectivity index is 1.97. The molecule has 1 aliphatic carbocycles. The molecule has 1 aliphatic heterocycles. The van der Waals surface area contributed by atoms with Crippen molar-refractivity contribution >= 4 is 16.6 Å². The van der Waals surface area contributed by atoms with Gasteiger partial charge >= 0.3 is 0 Å². The average molecular weight is 345 g/mol. The molecule has 2 aliphatic rings. The zero-order valence-electron chi connectivity index (χ0n) is 14.5. The van der Waals surface area contributed by atoms with Crippen LogP contribution < -0.4 is 5.56 Å². The Kier molecular flexibility index (Phi) is 2.94. The maximum absolute atomic E-state index is 13.3. The zero-order chi connectivity index (χ0) is 18.1. The summed E-state index contributed by atoms with van der Waals surface area (Å²) in [5.41, 5.74) is 0.100. The number of fused-ring (bicyclic) bond motifs is 4. The molecule has 4 nitrogen and oxygen atoms in total. The third-order valence-corrected chi connectivity index (χ3v) is 6.34. The number of ketones is 1. The number of aliphatic hydroxyl groups is 1. The topological polar surface area (TPSA) is 59.3 Å². The lowest BCUT2D eigenvalue weighted by molar-refractivity contribution is -0.142. The van der Waals surface area contributed by atoms with E-state index in [1.807, 2.05) is 48.5 Å². The largest absolute Gasteiger partial charge is 0.369 e. The molecule has 1 fully saturated rings. The predicted octanol–water partition coefficient (Wildman–Crippen LogP) is 3.24. The quantitative estimate of drug-likeness (QED) is 0.737. The monoisotopic (exact) mass is 345 g/mol. The van der Waals surface area contributed by atoms with Crippen LogP contribution in [0.3, 0.4) is 0 Å². The molecule has 0 spiro atoms. The van der Waals surface area contributed by atoms with Crippen LogP contribution >= 0.6 is 0 Å². The van der Waals surface area contributed by atoms with Crippen LogP contribution in [0, 0.1) is 5.41 Å². The van der Waals surface area contributed by atoms with E-state index in [4.69, 9.17) is 0 Å². The van der Waals surface area contributed by atoms with Crippen LogP contribution in [-0.4, -0.2) is 15.5 Å². The van der Waals surface area contributed by atoms with Crippen molar-refractivity contribution in [2.24, 2.45) is 5.41 Å². The minimum Gasteiger partial charge on any atom is -0.369 e. The summed E-state index contributed by atoms with van der Waals surface area (Å²) >= 11 is 0. The van der Waals surface area contributed by atoms with Gasteiger partial charge in [0, 0.05) is 35.9 Å². The first-order valence-corrected chi connectivity index (χ1v) is 8.95. The smallest absolute Gasteiger partial charge is 0.261 e. The van der Waals surface area contributed by atoms with Crippen molar-refractivity contribution in [1.29, 1.82) is 0 Å². The summed E-state index contributed by atoms with van der Waals surface area (Å²) in [6, 6.07) is 17.4. The molecule has 130 valence electrons. The number of nitrogens with zero attached hydrogens (tertiary/aromatic N) is 1. The van der Waals surface area contributed by atoms with Crippen molar-refractivity contribution in [3.8, 4) is 11.1 Å². The molecule has 26 heavy (non-hydrogen) atoms. The SMILES string of the molecule is CC12Cc3c(-c4ccccc4)c4ccccc4c(=O)n3C1(O)CCC2=O. The van der Waals surface area contributed by atoms with Crippen LogP contribution in [0.1, 0.15) is 25.5 Å². The Bertz CT molecular complexity index is 1130. The maximum atomic E-state index is 13.3. The molecular formula is C22H19NO3. The van der Waals surface area contributed by atoms with Crippen LogP contribution in [0.4, 0.5) is 0 Å². The summed E-state index contributed by atoms with van der Waals surface area (Å²) in [5, 5.41) is 12.9. The number of aromatic nitrogens is 1. The van der Waals surface area contributed by atoms with Crippen molar-refractivity contribution < 1.29 is 9.90 Å². The molecule has 1 saturated carbocycles. The van der Waals surface area contributed by atoms with Gasteiger partial charge in [-0.05, 0) is 23.9 Å². The number of carbonyl (C=O) groups is 1. The van der Waals surface area contributed by atoms with Gasteiger partial charge < -0.3 is 5.11 Å². The van der Waals surface area contributed by atoms with Crippen molar-refractivity contribution in [1.82, 2.24) is 4.57 Å². The molecule has 2 atom stereocenters. The van der Waals surface area contributed by atoms with Crippen LogP contribution in [0.2, 0.25) is 0 Å². The second-order valence-corrected chi connectivity index (χ2v) is 7.62. The lowest BCUT2D eigenvalue weighted by Crippen LogP contribution is -2.47. The Hall–Kier alpha value is -2.72. The van der Waals surface area contributed by atoms with Gasteiger partial charge in [-0.15, -0.1) is 0 Å². The minimum absolute atomic E-state index is 0.0335. The van der Waals surface area contributed by atoms with E-state index in [0.717, 1.165) is 22.2 Å². The Morgan fingerprint density at radius 3 is 2.35 bits per heavy atom. The van der Waals surface area contributed by atoms with Crippen molar-refractivity contribution in [2.75, 3.05) is 0 Å². The van der Waals surface area contributed by atoms with E-state index in [-0.39, 0.29) is 11.3 Å². The Morgan fingerprint density at radius 2 is 1.62 bits per heavy atom. The van der Waals surface area contributed by atoms with Crippen LogP contribution in [0.25, 0.3) is 21.9 Å². The van der Waals surface area contributed by atoms with Gasteiger partial charge in [-0.1, -0.05) is 48.5 Å². The van der Waals surface area contributed by atoms with E-state index < -0.39 is 11.1 Å². The Morgan fingerprint density at radius 1 is 0.962 bits per heavy atom. The average Bonchev–Trinajstić information content (AvgIpc) is 3.02. The molecule has 0 radical (unpaired) electrons. The van der Waals surface area contributed by atoms with E-state index >= 15 is 0 Å². The van der Waals surface area contributed by atoms with Gasteiger partial charge in [0.05, 0.1) is 5.41 Å². The summed E-state index contributed by atoms with van der Waals surface area (Å²) in [6.45, 7) is 1.80. The van der Waals surface area contributed by atoms with E-state index in [1.165, 1.54) is 4.57 Å². The van der Waals surface area contributed by atoms with Gasteiger partial charge in [0.2, 0.25) is 0 Å². The highest BCUT2D eigenvalue weighted by Gasteiger charge is 2.63. The normalized spacial score (nSPS) is 26.9. The summed E-state index contributed by atoms with van der Waals surface area (Å²) in [7, 11) is 0. The molecule has 2 aromatic carbocycles. The van der Waals surface area contributed by atoms with Crippen molar-refractivity contribution in [3.63, 3.8) is 0 Å². The summed E-state index contributed by atoms with van der Waals surface area (Å²) in [4.78, 5) is 25.9. The fourth-order valence-electron chi connectivity index (χ4n) is 4.88. The molecule has 0 saturated heterocycles. The summed E-state index contributed by atoms with van der Waals surface area (Å²) < 4.78 is 1.52. The molecule has 2 unspecified atom stereocenters. The summed E-state index contributed by atoms with van der Waals surface area (Å²) in [6.07, 6.45) is 0.987. The first kappa shape index (κ1) is 15.5. The molecule has 2 heterocycles. The number of hydrogen-bond acceptors (Lipinski definition) is 3. The summed E-state index contributed by atoms with van der Waals surface area (Å²) in [5.74, 6) is 0.0335. The van der Waals surface area contributed by atoms with Crippen LogP contribution in [0.5, 0.6) is 0 Å². The number of hydrogen-bond donors (Lipinski definition) is 1. The van der Waals surface area contributed by atoms with E-state index in [0.29, 0.717) is 24.6 Å². The molecule has 1 aromatic heterocycles. The number of carbonyl (C=O) groups excluding carboxylic acids is 1. The lowest BCUT2D eigenvalue weighted by atomic mass is 9.79. The number of Topliss-reactive ketones (excluding diaryl/α,β-unsaturated/α-hetero) is 1. The fourth-order valence-corrected chi connectivity index (χ4v) is 4.88. The predicted molar refractivity (Wildman–Crippen MR) is 99.9 cm³/mol. The van der Waals surface area contributed by atoms with Crippen molar-refractivity contribution in [2.45, 2.75) is 31.9 Å². The van der Waals surface area contributed by atoms with Crippen molar-refractivity contribution in [3.05, 3.63) is 70.6 Å². The van der Waals surface area contributed by atoms with E-state index in [1.54, 1.807) is 13.0 Å². The molecule has 1 N–H and O–H groups in total. The third kappa shape index (κ3) is 1.68. The first-order valence-electron chi connectivity index (χ1n) is 8.95.